The standard InChI is InChI=1S/C94H154NO8P/c1-6-8-10-12-14-16-18-20-22-24-26-28-30-32-34-36-38-40-42-44-46-47-49-51-53-55-57-59-61-63-65-67-69-71-73-75-77-79-81-83-85-87-94(97)103-92(91-102-104(98,99)101-89-88-95(3,4)5)90-100-93(96)86-84-82-80-78-76-74-72-70-68-66-64-62-60-58-56-54-52-50-48-45-43-41-39-37-35-33-31-29-27-25-23-21-19-17-15-13-11-9-7-2/h8-11,14-17,20-23,26-29,32-35,38-41,44,46,49,51,55,57,61,63,67,69,92H,6-7,12-13,18-19,24-25,30-31,36-37,42-43,45,47-48,50,52-54,56,58-60,62,64-66,68,70-91H2,1-5H3/p+1/b10-8-,11-9-,16-14-,17-15-,22-20-,23-21-,28-26-,29-27-,34-32-,35-33-,40-38-,41-39-,46-44-,51-49-,57-55-,63-61-,69-67-. The highest BCUT2D eigenvalue weighted by Gasteiger charge is 2.27. The van der Waals surface area contributed by atoms with Crippen molar-refractivity contribution in [2.75, 3.05) is 47.5 Å². The van der Waals surface area contributed by atoms with Crippen LogP contribution in [-0.4, -0.2) is 74.9 Å². The average Bonchev–Trinajstić information content (AvgIpc) is 0.920. The molecule has 2 unspecified atom stereocenters. The summed E-state index contributed by atoms with van der Waals surface area (Å²) in [5.74, 6) is -0.812. The van der Waals surface area contributed by atoms with Crippen molar-refractivity contribution in [3.05, 3.63) is 207 Å². The summed E-state index contributed by atoms with van der Waals surface area (Å²) in [7, 11) is 1.45. The lowest BCUT2D eigenvalue weighted by atomic mass is 10.0. The number of phosphoric ester groups is 1. The van der Waals surface area contributed by atoms with E-state index in [-0.39, 0.29) is 32.0 Å². The van der Waals surface area contributed by atoms with Crippen LogP contribution in [0.5, 0.6) is 0 Å². The molecule has 0 saturated carbocycles. The number of nitrogens with zero attached hydrogens (tertiary/aromatic N) is 1. The third-order valence-corrected chi connectivity index (χ3v) is 18.3. The molecule has 0 aromatic heterocycles. The number of esters is 2. The van der Waals surface area contributed by atoms with E-state index in [1.54, 1.807) is 0 Å². The summed E-state index contributed by atoms with van der Waals surface area (Å²) in [5.41, 5.74) is 0. The van der Waals surface area contributed by atoms with E-state index in [4.69, 9.17) is 18.5 Å². The van der Waals surface area contributed by atoms with Crippen LogP contribution < -0.4 is 0 Å². The topological polar surface area (TPSA) is 108 Å². The molecule has 0 aromatic carbocycles. The third kappa shape index (κ3) is 85.5. The van der Waals surface area contributed by atoms with Gasteiger partial charge in [0.1, 0.15) is 19.8 Å². The summed E-state index contributed by atoms with van der Waals surface area (Å²) in [5, 5.41) is 0. The summed E-state index contributed by atoms with van der Waals surface area (Å²) >= 11 is 0. The minimum Gasteiger partial charge on any atom is -0.462 e. The second-order valence-corrected chi connectivity index (χ2v) is 29.8. The Kier molecular flexibility index (Phi) is 77.4. The zero-order valence-corrected chi connectivity index (χ0v) is 68.1. The predicted molar refractivity (Wildman–Crippen MR) is 454 cm³/mol. The minimum atomic E-state index is -4.41. The quantitative estimate of drug-likeness (QED) is 0.0211. The van der Waals surface area contributed by atoms with E-state index in [2.05, 4.69) is 220 Å². The Morgan fingerprint density at radius 3 is 0.769 bits per heavy atom. The second kappa shape index (κ2) is 81.7. The number of phosphoric acid groups is 1. The molecule has 588 valence electrons. The van der Waals surface area contributed by atoms with Crippen LogP contribution in [0.1, 0.15) is 322 Å². The molecule has 0 saturated heterocycles. The van der Waals surface area contributed by atoms with Crippen molar-refractivity contribution >= 4 is 19.8 Å². The van der Waals surface area contributed by atoms with Gasteiger partial charge in [0.15, 0.2) is 6.10 Å². The Hall–Kier alpha value is -5.41. The first-order valence-corrected chi connectivity index (χ1v) is 43.3. The molecule has 1 N–H and O–H groups in total. The molecule has 0 bridgehead atoms. The number of ether oxygens (including phenoxy) is 2. The van der Waals surface area contributed by atoms with Crippen molar-refractivity contribution in [3.8, 4) is 0 Å². The molecule has 10 heteroatoms. The van der Waals surface area contributed by atoms with E-state index in [1.165, 1.54) is 135 Å². The number of carbonyl (C=O) groups excluding carboxylic acids is 2. The lowest BCUT2D eigenvalue weighted by molar-refractivity contribution is -0.870. The molecule has 0 aromatic rings. The van der Waals surface area contributed by atoms with E-state index in [0.717, 1.165) is 154 Å². The van der Waals surface area contributed by atoms with Gasteiger partial charge in [-0.3, -0.25) is 18.6 Å². The van der Waals surface area contributed by atoms with Crippen molar-refractivity contribution in [2.45, 2.75) is 328 Å². The van der Waals surface area contributed by atoms with E-state index in [0.29, 0.717) is 17.4 Å². The highest BCUT2D eigenvalue weighted by molar-refractivity contribution is 7.47. The summed E-state index contributed by atoms with van der Waals surface area (Å²) in [6, 6.07) is 0. The van der Waals surface area contributed by atoms with Gasteiger partial charge in [-0.15, -0.1) is 0 Å². The molecule has 0 aliphatic carbocycles. The van der Waals surface area contributed by atoms with Crippen molar-refractivity contribution in [1.82, 2.24) is 0 Å². The van der Waals surface area contributed by atoms with E-state index < -0.39 is 26.5 Å². The Balaban J connectivity index is 4.04. The summed E-state index contributed by atoms with van der Waals surface area (Å²) in [4.78, 5) is 36.0. The van der Waals surface area contributed by atoms with Gasteiger partial charge >= 0.3 is 19.8 Å². The fourth-order valence-corrected chi connectivity index (χ4v) is 11.8. The molecule has 0 amide bonds. The van der Waals surface area contributed by atoms with Crippen LogP contribution in [0.4, 0.5) is 0 Å². The van der Waals surface area contributed by atoms with Gasteiger partial charge in [-0.1, -0.05) is 368 Å². The van der Waals surface area contributed by atoms with Gasteiger partial charge < -0.3 is 18.9 Å². The highest BCUT2D eigenvalue weighted by Crippen LogP contribution is 2.43. The molecule has 104 heavy (non-hydrogen) atoms. The number of likely N-dealkylation sites (N-methyl/N-ethyl adjacent to an activating group) is 1. The lowest BCUT2D eigenvalue weighted by Crippen LogP contribution is -2.37. The maximum atomic E-state index is 12.9. The fraction of sp³-hybridized carbons (Fsp3) is 0.617. The SMILES string of the molecule is CC/C=C\C/C=C\C/C=C\C/C=C\C/C=C\C/C=C\C/C=C\C/C=C\C/C=C\C/C=C\C/C=C\CCCCCCCCCC(=O)OC(COC(=O)CCCCCCCCCCCCCCCCCCCCCC/C=C\C/C=C\C/C=C\C/C=C\C/C=C\C/C=C\CC)COP(=O)(O)OCC[N+](C)(C)C. The van der Waals surface area contributed by atoms with Crippen LogP contribution in [0.25, 0.3) is 0 Å². The molecular weight excluding hydrogens is 1300 g/mol. The molecule has 2 atom stereocenters. The Labute approximate surface area is 640 Å². The van der Waals surface area contributed by atoms with Crippen LogP contribution in [0.3, 0.4) is 0 Å². The minimum absolute atomic E-state index is 0.0212. The maximum Gasteiger partial charge on any atom is 0.472 e. The van der Waals surface area contributed by atoms with Crippen molar-refractivity contribution in [2.24, 2.45) is 0 Å². The van der Waals surface area contributed by atoms with Crippen LogP contribution in [0.15, 0.2) is 207 Å². The lowest BCUT2D eigenvalue weighted by Gasteiger charge is -2.24. The second-order valence-electron chi connectivity index (χ2n) is 28.4. The van der Waals surface area contributed by atoms with Gasteiger partial charge in [0, 0.05) is 12.8 Å². The van der Waals surface area contributed by atoms with Crippen LogP contribution in [0, 0.1) is 0 Å². The summed E-state index contributed by atoms with van der Waals surface area (Å²) in [6.07, 6.45) is 128. The third-order valence-electron chi connectivity index (χ3n) is 17.3. The number of allylic oxidation sites excluding steroid dienone is 34. The van der Waals surface area contributed by atoms with Gasteiger partial charge in [-0.25, -0.2) is 4.57 Å². The number of hydrogen-bond acceptors (Lipinski definition) is 7. The first kappa shape index (κ1) is 98.6. The monoisotopic (exact) mass is 1460 g/mol. The highest BCUT2D eigenvalue weighted by atomic mass is 31.2. The zero-order valence-electron chi connectivity index (χ0n) is 67.2. The van der Waals surface area contributed by atoms with E-state index in [9.17, 15) is 19.0 Å². The van der Waals surface area contributed by atoms with Crippen LogP contribution >= 0.6 is 7.82 Å². The largest absolute Gasteiger partial charge is 0.472 e. The predicted octanol–water partition coefficient (Wildman–Crippen LogP) is 28.5. The summed E-state index contributed by atoms with van der Waals surface area (Å²) in [6.45, 7) is 4.20. The molecular formula is C94H155NO8P+. The molecule has 9 nitrogen and oxygen atoms in total. The fourth-order valence-electron chi connectivity index (χ4n) is 11.0. The maximum absolute atomic E-state index is 12.9. The molecule has 0 rings (SSSR count). The number of unbranched alkanes of at least 4 members (excludes halogenated alkanes) is 27. The molecule has 0 heterocycles. The smallest absolute Gasteiger partial charge is 0.462 e. The van der Waals surface area contributed by atoms with Gasteiger partial charge in [-0.05, 0) is 148 Å². The molecule has 0 radical (unpaired) electrons. The average molecular weight is 1460 g/mol. The molecule has 0 spiro atoms. The number of rotatable bonds is 75. The van der Waals surface area contributed by atoms with E-state index >= 15 is 0 Å². The molecule has 0 fully saturated rings. The van der Waals surface area contributed by atoms with Crippen LogP contribution in [-0.2, 0) is 32.7 Å². The van der Waals surface area contributed by atoms with Crippen molar-refractivity contribution < 1.29 is 42.1 Å². The van der Waals surface area contributed by atoms with Gasteiger partial charge in [0.05, 0.1) is 27.7 Å². The van der Waals surface area contributed by atoms with Crippen LogP contribution in [0.2, 0.25) is 0 Å². The zero-order chi connectivity index (χ0) is 75.4. The number of hydrogen-bond donors (Lipinski definition) is 1. The van der Waals surface area contributed by atoms with Gasteiger partial charge in [0.2, 0.25) is 0 Å². The Morgan fingerprint density at radius 2 is 0.519 bits per heavy atom. The number of quaternary nitrogens is 1. The first-order chi connectivity index (χ1) is 51.0. The van der Waals surface area contributed by atoms with Gasteiger partial charge in [0.25, 0.3) is 0 Å². The first-order valence-electron chi connectivity index (χ1n) is 41.8. The summed E-state index contributed by atoms with van der Waals surface area (Å²) < 4.78 is 34.8. The van der Waals surface area contributed by atoms with Gasteiger partial charge in [-0.2, -0.15) is 0 Å². The molecule has 0 aliphatic heterocycles. The Bertz CT molecular complexity index is 2520. The normalized spacial score (nSPS) is 14.1. The van der Waals surface area contributed by atoms with E-state index in [1.807, 2.05) is 21.1 Å². The number of carbonyl (C=O) groups is 2. The Morgan fingerprint density at radius 1 is 0.298 bits per heavy atom. The molecule has 0 aliphatic rings. The van der Waals surface area contributed by atoms with Crippen molar-refractivity contribution in [3.63, 3.8) is 0 Å². The van der Waals surface area contributed by atoms with Crippen molar-refractivity contribution in [1.29, 1.82) is 0 Å².